The molecule has 5 heteroatoms. The average molecular weight is 318 g/mol. The molecule has 1 unspecified atom stereocenters. The summed E-state index contributed by atoms with van der Waals surface area (Å²) >= 11 is 1.67. The lowest BCUT2D eigenvalue weighted by molar-refractivity contribution is -0.904. The van der Waals surface area contributed by atoms with E-state index in [2.05, 4.69) is 48.8 Å². The number of likely N-dealkylation sites (N-methyl/N-ethyl adjacent to an activating group) is 2. The Morgan fingerprint density at radius 2 is 2.00 bits per heavy atom. The van der Waals surface area contributed by atoms with E-state index in [0.29, 0.717) is 13.1 Å². The number of carbonyl (C=O) groups is 1. The lowest BCUT2D eigenvalue weighted by Gasteiger charge is -2.15. The number of amides is 1. The van der Waals surface area contributed by atoms with Crippen molar-refractivity contribution in [3.63, 3.8) is 0 Å². The van der Waals surface area contributed by atoms with Crippen LogP contribution in [0, 0.1) is 6.92 Å². The van der Waals surface area contributed by atoms with Crippen molar-refractivity contribution in [1.82, 2.24) is 10.3 Å². The Bertz CT molecular complexity index is 607. The van der Waals surface area contributed by atoms with Gasteiger partial charge in [0.2, 0.25) is 0 Å². The first-order valence-electron chi connectivity index (χ1n) is 7.74. The van der Waals surface area contributed by atoms with Crippen LogP contribution in [0.1, 0.15) is 25.1 Å². The van der Waals surface area contributed by atoms with Gasteiger partial charge in [-0.2, -0.15) is 0 Å². The number of nitrogens with zero attached hydrogens (tertiary/aromatic N) is 1. The van der Waals surface area contributed by atoms with Crippen molar-refractivity contribution in [3.8, 4) is 10.6 Å². The Kier molecular flexibility index (Phi) is 6.10. The van der Waals surface area contributed by atoms with Crippen LogP contribution in [0.5, 0.6) is 0 Å². The van der Waals surface area contributed by atoms with Crippen LogP contribution < -0.4 is 10.2 Å². The van der Waals surface area contributed by atoms with E-state index in [9.17, 15) is 4.79 Å². The molecule has 2 aromatic rings. The summed E-state index contributed by atoms with van der Waals surface area (Å²) < 4.78 is 0. The Labute approximate surface area is 136 Å². The van der Waals surface area contributed by atoms with Gasteiger partial charge in [-0.25, -0.2) is 4.98 Å². The van der Waals surface area contributed by atoms with Gasteiger partial charge in [-0.3, -0.25) is 4.79 Å². The molecular weight excluding hydrogens is 294 g/mol. The molecule has 0 saturated carbocycles. The highest BCUT2D eigenvalue weighted by Gasteiger charge is 2.14. The normalized spacial score (nSPS) is 12.1. The van der Waals surface area contributed by atoms with Gasteiger partial charge in [-0.1, -0.05) is 29.8 Å². The second-order valence-corrected chi connectivity index (χ2v) is 6.28. The second-order valence-electron chi connectivity index (χ2n) is 5.42. The van der Waals surface area contributed by atoms with Crippen molar-refractivity contribution in [2.24, 2.45) is 0 Å². The van der Waals surface area contributed by atoms with E-state index < -0.39 is 0 Å². The minimum Gasteiger partial charge on any atom is -0.351 e. The molecule has 0 aliphatic heterocycles. The predicted molar refractivity (Wildman–Crippen MR) is 91.0 cm³/mol. The van der Waals surface area contributed by atoms with Crippen molar-refractivity contribution in [1.29, 1.82) is 0 Å². The van der Waals surface area contributed by atoms with E-state index in [1.54, 1.807) is 11.3 Å². The first kappa shape index (κ1) is 16.6. The third kappa shape index (κ3) is 4.64. The molecule has 1 aromatic heterocycles. The maximum Gasteiger partial charge on any atom is 0.275 e. The standard InChI is InChI=1S/C17H23N3OS/c1-4-18-16(21)11-20(5-2)10-15-12-22-17(19-15)14-8-6-13(3)7-9-14/h6-9,12H,4-5,10-11H2,1-3H3,(H,18,21)/p+1. The van der Waals surface area contributed by atoms with Gasteiger partial charge < -0.3 is 10.2 Å². The van der Waals surface area contributed by atoms with Gasteiger partial charge in [0, 0.05) is 17.5 Å². The Morgan fingerprint density at radius 1 is 1.27 bits per heavy atom. The molecule has 0 bridgehead atoms. The van der Waals surface area contributed by atoms with Gasteiger partial charge in [0.05, 0.1) is 6.54 Å². The third-order valence-electron chi connectivity index (χ3n) is 3.57. The van der Waals surface area contributed by atoms with E-state index in [1.807, 2.05) is 6.92 Å². The summed E-state index contributed by atoms with van der Waals surface area (Å²) in [6.45, 7) is 9.01. The number of rotatable bonds is 7. The maximum atomic E-state index is 11.7. The minimum atomic E-state index is 0.105. The number of benzene rings is 1. The fourth-order valence-corrected chi connectivity index (χ4v) is 3.10. The Hall–Kier alpha value is -1.72. The first-order chi connectivity index (χ1) is 10.6. The predicted octanol–water partition coefficient (Wildman–Crippen LogP) is 1.66. The lowest BCUT2D eigenvalue weighted by Crippen LogP contribution is -3.11. The van der Waals surface area contributed by atoms with Crippen LogP contribution in [0.2, 0.25) is 0 Å². The molecule has 1 amide bonds. The summed E-state index contributed by atoms with van der Waals surface area (Å²) in [4.78, 5) is 17.7. The van der Waals surface area contributed by atoms with Crippen LogP contribution in [-0.2, 0) is 11.3 Å². The summed E-state index contributed by atoms with van der Waals surface area (Å²) in [7, 11) is 0. The van der Waals surface area contributed by atoms with Crippen LogP contribution in [0.25, 0.3) is 10.6 Å². The number of quaternary nitrogens is 1. The number of thiazole rings is 1. The van der Waals surface area contributed by atoms with Crippen molar-refractivity contribution in [3.05, 3.63) is 40.9 Å². The van der Waals surface area contributed by atoms with Crippen LogP contribution in [0.3, 0.4) is 0 Å². The first-order valence-corrected chi connectivity index (χ1v) is 8.62. The molecule has 0 aliphatic carbocycles. The highest BCUT2D eigenvalue weighted by atomic mass is 32.1. The molecule has 1 heterocycles. The summed E-state index contributed by atoms with van der Waals surface area (Å²) in [5, 5.41) is 6.00. The lowest BCUT2D eigenvalue weighted by atomic mass is 10.2. The van der Waals surface area contributed by atoms with Crippen LogP contribution in [0.4, 0.5) is 0 Å². The van der Waals surface area contributed by atoms with Crippen LogP contribution >= 0.6 is 11.3 Å². The SMILES string of the molecule is CCNC(=O)C[NH+](CC)Cc1csc(-c2ccc(C)cc2)n1. The smallest absolute Gasteiger partial charge is 0.275 e. The van der Waals surface area contributed by atoms with Crippen LogP contribution in [-0.4, -0.2) is 30.5 Å². The minimum absolute atomic E-state index is 0.105. The zero-order valence-electron chi connectivity index (χ0n) is 13.5. The van der Waals surface area contributed by atoms with Crippen LogP contribution in [0.15, 0.2) is 29.6 Å². The Balaban J connectivity index is 2.01. The molecule has 0 radical (unpaired) electrons. The van der Waals surface area contributed by atoms with Gasteiger partial charge in [0.25, 0.3) is 5.91 Å². The fourth-order valence-electron chi connectivity index (χ4n) is 2.27. The van der Waals surface area contributed by atoms with Gasteiger partial charge >= 0.3 is 0 Å². The van der Waals surface area contributed by atoms with E-state index >= 15 is 0 Å². The number of nitrogens with one attached hydrogen (secondary N) is 2. The van der Waals surface area contributed by atoms with Gasteiger partial charge in [-0.05, 0) is 20.8 Å². The quantitative estimate of drug-likeness (QED) is 0.815. The summed E-state index contributed by atoms with van der Waals surface area (Å²) in [5.74, 6) is 0.105. The molecule has 1 aromatic carbocycles. The monoisotopic (exact) mass is 318 g/mol. The van der Waals surface area contributed by atoms with Crippen molar-refractivity contribution in [2.75, 3.05) is 19.6 Å². The van der Waals surface area contributed by atoms with Gasteiger partial charge in [-0.15, -0.1) is 11.3 Å². The molecule has 118 valence electrons. The zero-order valence-corrected chi connectivity index (χ0v) is 14.3. The zero-order chi connectivity index (χ0) is 15.9. The highest BCUT2D eigenvalue weighted by Crippen LogP contribution is 2.23. The molecular formula is C17H24N3OS+. The molecule has 1 atom stereocenters. The van der Waals surface area contributed by atoms with E-state index in [0.717, 1.165) is 29.4 Å². The molecule has 4 nitrogen and oxygen atoms in total. The third-order valence-corrected chi connectivity index (χ3v) is 4.51. The summed E-state index contributed by atoms with van der Waals surface area (Å²) in [5.41, 5.74) is 3.47. The second kappa shape index (κ2) is 8.06. The Morgan fingerprint density at radius 3 is 2.64 bits per heavy atom. The summed E-state index contributed by atoms with van der Waals surface area (Å²) in [6, 6.07) is 8.43. The molecule has 2 N–H and O–H groups in total. The molecule has 0 spiro atoms. The number of hydrogen-bond acceptors (Lipinski definition) is 3. The number of carbonyl (C=O) groups excluding carboxylic acids is 1. The number of aryl methyl sites for hydroxylation is 1. The molecule has 2 rings (SSSR count). The highest BCUT2D eigenvalue weighted by molar-refractivity contribution is 7.13. The van der Waals surface area contributed by atoms with Crippen molar-refractivity contribution < 1.29 is 9.69 Å². The van der Waals surface area contributed by atoms with E-state index in [-0.39, 0.29) is 5.91 Å². The largest absolute Gasteiger partial charge is 0.351 e. The summed E-state index contributed by atoms with van der Waals surface area (Å²) in [6.07, 6.45) is 0. The number of aromatic nitrogens is 1. The van der Waals surface area contributed by atoms with Crippen molar-refractivity contribution >= 4 is 17.2 Å². The molecule has 0 saturated heterocycles. The fraction of sp³-hybridized carbons (Fsp3) is 0.412. The number of hydrogen-bond donors (Lipinski definition) is 2. The van der Waals surface area contributed by atoms with E-state index in [1.165, 1.54) is 10.5 Å². The molecule has 0 fully saturated rings. The topological polar surface area (TPSA) is 46.4 Å². The molecule has 22 heavy (non-hydrogen) atoms. The van der Waals surface area contributed by atoms with Gasteiger partial charge in [0.1, 0.15) is 17.2 Å². The van der Waals surface area contributed by atoms with E-state index in [4.69, 9.17) is 4.98 Å². The molecule has 0 aliphatic rings. The maximum absolute atomic E-state index is 11.7. The van der Waals surface area contributed by atoms with Gasteiger partial charge in [0.15, 0.2) is 6.54 Å². The average Bonchev–Trinajstić information content (AvgIpc) is 2.96. The van der Waals surface area contributed by atoms with Crippen molar-refractivity contribution in [2.45, 2.75) is 27.3 Å².